The van der Waals surface area contributed by atoms with Crippen LogP contribution in [-0.2, 0) is 17.8 Å². The molecule has 1 heterocycles. The minimum Gasteiger partial charge on any atom is -0.339 e. The Bertz CT molecular complexity index is 780. The van der Waals surface area contributed by atoms with Gasteiger partial charge < -0.3 is 4.90 Å². The van der Waals surface area contributed by atoms with E-state index in [1.807, 2.05) is 24.3 Å². The second-order valence-electron chi connectivity index (χ2n) is 5.45. The van der Waals surface area contributed by atoms with Crippen molar-refractivity contribution in [2.45, 2.75) is 19.4 Å². The molecule has 0 spiro atoms. The molecule has 3 nitrogen and oxygen atoms in total. The smallest absolute Gasteiger partial charge is 0.223 e. The molecule has 1 aromatic heterocycles. The van der Waals surface area contributed by atoms with Crippen LogP contribution in [0.5, 0.6) is 0 Å². The summed E-state index contributed by atoms with van der Waals surface area (Å²) in [6.45, 7) is 0.515. The van der Waals surface area contributed by atoms with Crippen molar-refractivity contribution < 1.29 is 9.18 Å². The number of rotatable bonds is 5. The van der Waals surface area contributed by atoms with E-state index in [1.54, 1.807) is 35.4 Å². The number of benzene rings is 2. The van der Waals surface area contributed by atoms with Crippen LogP contribution < -0.4 is 0 Å². The molecular weight excluding hydrogens is 311 g/mol. The molecule has 23 heavy (non-hydrogen) atoms. The first-order valence-electron chi connectivity index (χ1n) is 7.44. The zero-order valence-electron chi connectivity index (χ0n) is 12.8. The molecule has 1 amide bonds. The van der Waals surface area contributed by atoms with Crippen molar-refractivity contribution in [3.63, 3.8) is 0 Å². The molecule has 0 fully saturated rings. The first-order chi connectivity index (χ1) is 11.1. The molecule has 0 saturated heterocycles. The molecule has 0 atom stereocenters. The van der Waals surface area contributed by atoms with Crippen molar-refractivity contribution in [1.82, 2.24) is 9.88 Å². The monoisotopic (exact) mass is 328 g/mol. The van der Waals surface area contributed by atoms with E-state index in [4.69, 9.17) is 0 Å². The maximum atomic E-state index is 12.9. The summed E-state index contributed by atoms with van der Waals surface area (Å²) in [5.74, 6) is -0.193. The van der Waals surface area contributed by atoms with Gasteiger partial charge in [0.25, 0.3) is 0 Å². The number of amides is 1. The van der Waals surface area contributed by atoms with Crippen LogP contribution in [0.25, 0.3) is 10.2 Å². The Hall–Kier alpha value is -2.27. The molecule has 0 saturated carbocycles. The van der Waals surface area contributed by atoms with Crippen LogP contribution in [0.15, 0.2) is 48.5 Å². The van der Waals surface area contributed by atoms with Crippen LogP contribution >= 0.6 is 11.3 Å². The van der Waals surface area contributed by atoms with E-state index in [2.05, 4.69) is 4.98 Å². The molecule has 0 aliphatic rings. The number of carbonyl (C=O) groups excluding carboxylic acids is 1. The Morgan fingerprint density at radius 1 is 1.17 bits per heavy atom. The molecule has 0 aliphatic carbocycles. The zero-order valence-corrected chi connectivity index (χ0v) is 13.6. The lowest BCUT2D eigenvalue weighted by Crippen LogP contribution is -2.26. The van der Waals surface area contributed by atoms with Crippen LogP contribution in [-0.4, -0.2) is 22.8 Å². The number of aromatic nitrogens is 1. The Balaban J connectivity index is 1.57. The van der Waals surface area contributed by atoms with E-state index in [-0.39, 0.29) is 11.7 Å². The maximum Gasteiger partial charge on any atom is 0.223 e. The highest BCUT2D eigenvalue weighted by Crippen LogP contribution is 2.22. The van der Waals surface area contributed by atoms with Gasteiger partial charge in [-0.15, -0.1) is 11.3 Å². The van der Waals surface area contributed by atoms with Crippen LogP contribution in [0, 0.1) is 5.82 Å². The zero-order chi connectivity index (χ0) is 16.2. The average Bonchev–Trinajstić information content (AvgIpc) is 2.96. The van der Waals surface area contributed by atoms with Crippen LogP contribution in [0.3, 0.4) is 0 Å². The fourth-order valence-electron chi connectivity index (χ4n) is 2.37. The standard InChI is InChI=1S/C18H17FN2OS/c1-21(12-17-20-15-4-2-3-5-16(15)23-17)18(22)11-8-13-6-9-14(19)10-7-13/h2-7,9-10H,8,11-12H2,1H3. The summed E-state index contributed by atoms with van der Waals surface area (Å²) >= 11 is 1.61. The summed E-state index contributed by atoms with van der Waals surface area (Å²) in [6, 6.07) is 14.2. The lowest BCUT2D eigenvalue weighted by atomic mass is 10.1. The molecule has 118 valence electrons. The van der Waals surface area contributed by atoms with Gasteiger partial charge >= 0.3 is 0 Å². The summed E-state index contributed by atoms with van der Waals surface area (Å²) in [5, 5.41) is 0.934. The first-order valence-corrected chi connectivity index (χ1v) is 8.26. The summed E-state index contributed by atoms with van der Waals surface area (Å²) in [6.07, 6.45) is 1.02. The van der Waals surface area contributed by atoms with Gasteiger partial charge in [0.2, 0.25) is 5.91 Å². The van der Waals surface area contributed by atoms with Crippen molar-refractivity contribution in [3.8, 4) is 0 Å². The van der Waals surface area contributed by atoms with Gasteiger partial charge in [-0.1, -0.05) is 24.3 Å². The molecule has 3 rings (SSSR count). The summed E-state index contributed by atoms with van der Waals surface area (Å²) in [4.78, 5) is 18.5. The summed E-state index contributed by atoms with van der Waals surface area (Å²) < 4.78 is 14.0. The predicted octanol–water partition coefficient (Wildman–Crippen LogP) is 4.03. The van der Waals surface area contributed by atoms with Gasteiger partial charge in [-0.3, -0.25) is 4.79 Å². The number of hydrogen-bond acceptors (Lipinski definition) is 3. The molecular formula is C18H17FN2OS. The quantitative estimate of drug-likeness (QED) is 0.708. The van der Waals surface area contributed by atoms with Gasteiger partial charge in [0, 0.05) is 13.5 Å². The molecule has 0 radical (unpaired) electrons. The normalized spacial score (nSPS) is 10.9. The van der Waals surface area contributed by atoms with Gasteiger partial charge in [-0.25, -0.2) is 9.37 Å². The highest BCUT2D eigenvalue weighted by atomic mass is 32.1. The van der Waals surface area contributed by atoms with Crippen molar-refractivity contribution in [1.29, 1.82) is 0 Å². The van der Waals surface area contributed by atoms with Crippen LogP contribution in [0.2, 0.25) is 0 Å². The van der Waals surface area contributed by atoms with Gasteiger partial charge in [0.05, 0.1) is 16.8 Å². The van der Waals surface area contributed by atoms with E-state index in [9.17, 15) is 9.18 Å². The lowest BCUT2D eigenvalue weighted by Gasteiger charge is -2.15. The minimum atomic E-state index is -0.256. The second-order valence-corrected chi connectivity index (χ2v) is 6.57. The molecule has 2 aromatic carbocycles. The predicted molar refractivity (Wildman–Crippen MR) is 90.8 cm³/mol. The van der Waals surface area contributed by atoms with Crippen molar-refractivity contribution in [2.75, 3.05) is 7.05 Å². The number of nitrogens with zero attached hydrogens (tertiary/aromatic N) is 2. The molecule has 5 heteroatoms. The minimum absolute atomic E-state index is 0.0635. The van der Waals surface area contributed by atoms with Crippen LogP contribution in [0.1, 0.15) is 17.0 Å². The van der Waals surface area contributed by atoms with E-state index in [1.165, 1.54) is 12.1 Å². The highest BCUT2D eigenvalue weighted by Gasteiger charge is 2.12. The Morgan fingerprint density at radius 3 is 2.65 bits per heavy atom. The third-order valence-electron chi connectivity index (χ3n) is 3.68. The first kappa shape index (κ1) is 15.6. The summed E-state index contributed by atoms with van der Waals surface area (Å²) in [5.41, 5.74) is 1.94. The molecule has 0 bridgehead atoms. The van der Waals surface area contributed by atoms with Gasteiger partial charge in [-0.2, -0.15) is 0 Å². The largest absolute Gasteiger partial charge is 0.339 e. The van der Waals surface area contributed by atoms with E-state index in [0.717, 1.165) is 20.8 Å². The number of para-hydroxylation sites is 1. The highest BCUT2D eigenvalue weighted by molar-refractivity contribution is 7.18. The number of fused-ring (bicyclic) bond motifs is 1. The van der Waals surface area contributed by atoms with Gasteiger partial charge in [-0.05, 0) is 36.2 Å². The van der Waals surface area contributed by atoms with Crippen molar-refractivity contribution >= 4 is 27.5 Å². The second kappa shape index (κ2) is 6.87. The fourth-order valence-corrected chi connectivity index (χ4v) is 3.39. The SMILES string of the molecule is CN(Cc1nc2ccccc2s1)C(=O)CCc1ccc(F)cc1. The van der Waals surface area contributed by atoms with Crippen molar-refractivity contribution in [2.24, 2.45) is 0 Å². The van der Waals surface area contributed by atoms with E-state index >= 15 is 0 Å². The fraction of sp³-hybridized carbons (Fsp3) is 0.222. The topological polar surface area (TPSA) is 33.2 Å². The van der Waals surface area contributed by atoms with Crippen molar-refractivity contribution in [3.05, 3.63) is 64.9 Å². The van der Waals surface area contributed by atoms with E-state index < -0.39 is 0 Å². The number of halogens is 1. The number of thiazole rings is 1. The average molecular weight is 328 g/mol. The summed E-state index contributed by atoms with van der Waals surface area (Å²) in [7, 11) is 1.79. The maximum absolute atomic E-state index is 12.9. The van der Waals surface area contributed by atoms with Gasteiger partial charge in [0.15, 0.2) is 0 Å². The third kappa shape index (κ3) is 3.93. The molecule has 0 N–H and O–H groups in total. The molecule has 0 aliphatic heterocycles. The Labute approximate surface area is 138 Å². The Kier molecular flexibility index (Phi) is 4.67. The number of carbonyl (C=O) groups is 1. The van der Waals surface area contributed by atoms with Crippen LogP contribution in [0.4, 0.5) is 4.39 Å². The molecule has 0 unspecified atom stereocenters. The molecule has 3 aromatic rings. The third-order valence-corrected chi connectivity index (χ3v) is 4.70. The Morgan fingerprint density at radius 2 is 1.91 bits per heavy atom. The van der Waals surface area contributed by atoms with E-state index in [0.29, 0.717) is 19.4 Å². The number of aryl methyl sites for hydroxylation is 1. The van der Waals surface area contributed by atoms with Gasteiger partial charge in [0.1, 0.15) is 10.8 Å². The lowest BCUT2D eigenvalue weighted by molar-refractivity contribution is -0.130. The number of hydrogen-bond donors (Lipinski definition) is 0.